The maximum absolute atomic E-state index is 12.4. The van der Waals surface area contributed by atoms with Gasteiger partial charge in [-0.25, -0.2) is 19.7 Å². The number of imidazole rings is 1. The van der Waals surface area contributed by atoms with Gasteiger partial charge in [-0.15, -0.1) is 0 Å². The second-order valence-electron chi connectivity index (χ2n) is 7.70. The fourth-order valence-electron chi connectivity index (χ4n) is 3.15. The van der Waals surface area contributed by atoms with E-state index < -0.39 is 23.8 Å². The van der Waals surface area contributed by atoms with Gasteiger partial charge in [-0.1, -0.05) is 44.2 Å². The number of benzene rings is 1. The highest BCUT2D eigenvalue weighted by molar-refractivity contribution is 5.89. The highest BCUT2D eigenvalue weighted by atomic mass is 16.5. The van der Waals surface area contributed by atoms with Crippen molar-refractivity contribution in [2.24, 2.45) is 5.92 Å². The Balaban J connectivity index is 1.57. The van der Waals surface area contributed by atoms with E-state index in [0.717, 1.165) is 5.56 Å². The summed E-state index contributed by atoms with van der Waals surface area (Å²) in [6, 6.07) is 9.08. The smallest absolute Gasteiger partial charge is 0.328 e. The van der Waals surface area contributed by atoms with Crippen molar-refractivity contribution in [3.63, 3.8) is 0 Å². The minimum atomic E-state index is -0.782. The number of nitrogens with one attached hydrogen (secondary N) is 3. The number of esters is 1. The summed E-state index contributed by atoms with van der Waals surface area (Å²) in [6.45, 7) is 3.79. The summed E-state index contributed by atoms with van der Waals surface area (Å²) in [5.74, 6) is -1.02. The summed E-state index contributed by atoms with van der Waals surface area (Å²) >= 11 is 0. The van der Waals surface area contributed by atoms with Crippen LogP contribution in [0.5, 0.6) is 0 Å². The third-order valence-corrected chi connectivity index (χ3v) is 4.90. The first-order chi connectivity index (χ1) is 15.9. The Bertz CT molecular complexity index is 1110. The van der Waals surface area contributed by atoms with Crippen molar-refractivity contribution < 1.29 is 19.1 Å². The molecule has 33 heavy (non-hydrogen) atoms. The monoisotopic (exact) mass is 453 g/mol. The Morgan fingerprint density at radius 2 is 1.82 bits per heavy atom. The molecule has 11 nitrogen and oxygen atoms in total. The number of methoxy groups -OCH3 is 1. The lowest BCUT2D eigenvalue weighted by molar-refractivity contribution is -0.146. The van der Waals surface area contributed by atoms with Gasteiger partial charge in [0.05, 0.1) is 20.0 Å². The summed E-state index contributed by atoms with van der Waals surface area (Å²) in [4.78, 5) is 49.1. The van der Waals surface area contributed by atoms with E-state index in [1.165, 1.54) is 19.8 Å². The molecule has 0 bridgehead atoms. The summed E-state index contributed by atoms with van der Waals surface area (Å²) in [6.07, 6.45) is 2.90. The number of fused-ring (bicyclic) bond motifs is 1. The van der Waals surface area contributed by atoms with Gasteiger partial charge in [0, 0.05) is 6.54 Å². The quantitative estimate of drug-likeness (QED) is 0.384. The first kappa shape index (κ1) is 23.6. The molecule has 0 aliphatic carbocycles. The Hall–Kier alpha value is -4.02. The Morgan fingerprint density at radius 1 is 1.06 bits per heavy atom. The number of ether oxygens (including phenoxy) is 1. The molecule has 174 valence electrons. The molecule has 3 rings (SSSR count). The lowest BCUT2D eigenvalue weighted by Gasteiger charge is -2.19. The van der Waals surface area contributed by atoms with Gasteiger partial charge in [-0.3, -0.25) is 9.59 Å². The van der Waals surface area contributed by atoms with Crippen LogP contribution in [0.2, 0.25) is 0 Å². The van der Waals surface area contributed by atoms with Crippen LogP contribution in [-0.2, 0) is 32.2 Å². The SMILES string of the molecule is COC(=O)[C@@H](NC(=O)CNC(=O)Cn1cnc2c(NCc3ccccc3)ncnc21)C(C)C. The van der Waals surface area contributed by atoms with Crippen LogP contribution in [-0.4, -0.2) is 57.0 Å². The van der Waals surface area contributed by atoms with Crippen molar-refractivity contribution in [1.82, 2.24) is 30.2 Å². The normalized spacial score (nSPS) is 11.8. The van der Waals surface area contributed by atoms with E-state index in [9.17, 15) is 14.4 Å². The van der Waals surface area contributed by atoms with Crippen LogP contribution >= 0.6 is 0 Å². The molecule has 1 atom stereocenters. The number of rotatable bonds is 10. The van der Waals surface area contributed by atoms with Crippen LogP contribution in [0.3, 0.4) is 0 Å². The lowest BCUT2D eigenvalue weighted by atomic mass is 10.0. The average molecular weight is 454 g/mol. The van der Waals surface area contributed by atoms with E-state index in [1.807, 2.05) is 30.3 Å². The van der Waals surface area contributed by atoms with E-state index in [-0.39, 0.29) is 19.0 Å². The molecule has 0 aliphatic heterocycles. The van der Waals surface area contributed by atoms with Gasteiger partial charge in [0.25, 0.3) is 0 Å². The molecule has 2 aromatic heterocycles. The van der Waals surface area contributed by atoms with Crippen LogP contribution in [0.25, 0.3) is 11.2 Å². The predicted molar refractivity (Wildman–Crippen MR) is 121 cm³/mol. The van der Waals surface area contributed by atoms with E-state index in [0.29, 0.717) is 23.5 Å². The van der Waals surface area contributed by atoms with Crippen LogP contribution < -0.4 is 16.0 Å². The summed E-state index contributed by atoms with van der Waals surface area (Å²) in [5.41, 5.74) is 2.12. The molecule has 0 radical (unpaired) electrons. The van der Waals surface area contributed by atoms with Crippen LogP contribution in [0.1, 0.15) is 19.4 Å². The third-order valence-electron chi connectivity index (χ3n) is 4.90. The van der Waals surface area contributed by atoms with Crippen molar-refractivity contribution in [3.05, 3.63) is 48.5 Å². The molecule has 0 saturated carbocycles. The minimum absolute atomic E-state index is 0.0798. The van der Waals surface area contributed by atoms with Gasteiger partial charge in [-0.2, -0.15) is 0 Å². The number of aromatic nitrogens is 4. The third kappa shape index (κ3) is 6.25. The fourth-order valence-corrected chi connectivity index (χ4v) is 3.15. The van der Waals surface area contributed by atoms with Crippen molar-refractivity contribution in [2.45, 2.75) is 33.0 Å². The molecule has 0 unspecified atom stereocenters. The molecule has 0 saturated heterocycles. The van der Waals surface area contributed by atoms with Crippen molar-refractivity contribution >= 4 is 34.8 Å². The van der Waals surface area contributed by atoms with Gasteiger partial charge in [0.15, 0.2) is 11.5 Å². The molecular weight excluding hydrogens is 426 g/mol. The summed E-state index contributed by atoms with van der Waals surface area (Å²) in [7, 11) is 1.26. The van der Waals surface area contributed by atoms with Crippen molar-refractivity contribution in [3.8, 4) is 0 Å². The zero-order valence-electron chi connectivity index (χ0n) is 18.7. The first-order valence-corrected chi connectivity index (χ1v) is 10.5. The topological polar surface area (TPSA) is 140 Å². The summed E-state index contributed by atoms with van der Waals surface area (Å²) < 4.78 is 6.27. The Labute approximate surface area is 191 Å². The van der Waals surface area contributed by atoms with E-state index in [4.69, 9.17) is 4.74 Å². The number of hydrogen-bond acceptors (Lipinski definition) is 8. The van der Waals surface area contributed by atoms with Crippen LogP contribution in [0.4, 0.5) is 5.82 Å². The summed E-state index contributed by atoms with van der Waals surface area (Å²) in [5, 5.41) is 8.34. The van der Waals surface area contributed by atoms with Gasteiger partial charge in [0.2, 0.25) is 11.8 Å². The predicted octanol–water partition coefficient (Wildman–Crippen LogP) is 0.868. The molecule has 3 aromatic rings. The van der Waals surface area contributed by atoms with Crippen LogP contribution in [0, 0.1) is 5.92 Å². The molecule has 0 spiro atoms. The molecule has 0 aliphatic rings. The first-order valence-electron chi connectivity index (χ1n) is 10.5. The second-order valence-corrected chi connectivity index (χ2v) is 7.70. The number of carbonyl (C=O) groups excluding carboxylic acids is 3. The zero-order valence-corrected chi connectivity index (χ0v) is 18.7. The number of hydrogen-bond donors (Lipinski definition) is 3. The lowest BCUT2D eigenvalue weighted by Crippen LogP contribution is -2.48. The second kappa shape index (κ2) is 11.0. The van der Waals surface area contributed by atoms with Gasteiger partial charge in [0.1, 0.15) is 24.4 Å². The van der Waals surface area contributed by atoms with E-state index in [1.54, 1.807) is 18.4 Å². The zero-order chi connectivity index (χ0) is 23.8. The van der Waals surface area contributed by atoms with Gasteiger partial charge in [-0.05, 0) is 11.5 Å². The molecule has 0 fully saturated rings. The number of carbonyl (C=O) groups is 3. The fraction of sp³-hybridized carbons (Fsp3) is 0.364. The molecule has 2 amide bonds. The highest BCUT2D eigenvalue weighted by Gasteiger charge is 2.25. The minimum Gasteiger partial charge on any atom is -0.467 e. The number of nitrogens with zero attached hydrogens (tertiary/aromatic N) is 4. The molecular formula is C22H27N7O4. The van der Waals surface area contributed by atoms with Gasteiger partial charge < -0.3 is 25.3 Å². The van der Waals surface area contributed by atoms with Crippen LogP contribution in [0.15, 0.2) is 43.0 Å². The number of amides is 2. The van der Waals surface area contributed by atoms with Gasteiger partial charge >= 0.3 is 5.97 Å². The maximum Gasteiger partial charge on any atom is 0.328 e. The van der Waals surface area contributed by atoms with Crippen molar-refractivity contribution in [1.29, 1.82) is 0 Å². The molecule has 11 heteroatoms. The van der Waals surface area contributed by atoms with E-state index >= 15 is 0 Å². The standard InChI is InChI=1S/C22H27N7O4/c1-14(2)18(22(32)33-3)28-16(30)10-23-17(31)11-29-13-27-19-20(25-12-26-21(19)29)24-9-15-7-5-4-6-8-15/h4-8,12-14,18H,9-11H2,1-3H3,(H,23,31)(H,28,30)(H,24,25,26)/t18-/m0/s1. The molecule has 3 N–H and O–H groups in total. The largest absolute Gasteiger partial charge is 0.467 e. The molecule has 1 aromatic carbocycles. The highest BCUT2D eigenvalue weighted by Crippen LogP contribution is 2.18. The Morgan fingerprint density at radius 3 is 2.52 bits per heavy atom. The number of anilines is 1. The van der Waals surface area contributed by atoms with E-state index in [2.05, 4.69) is 30.9 Å². The molecule has 2 heterocycles. The maximum atomic E-state index is 12.4. The van der Waals surface area contributed by atoms with Crippen molar-refractivity contribution in [2.75, 3.05) is 19.0 Å². The Kier molecular flexibility index (Phi) is 7.90. The average Bonchev–Trinajstić information content (AvgIpc) is 3.23.